The van der Waals surface area contributed by atoms with Crippen LogP contribution in [0.15, 0.2) is 28.9 Å². The number of hydrogen-bond acceptors (Lipinski definition) is 6. The molecule has 1 fully saturated rings. The van der Waals surface area contributed by atoms with Gasteiger partial charge in [0.15, 0.2) is 5.60 Å². The lowest BCUT2D eigenvalue weighted by molar-refractivity contribution is -0.157. The number of rotatable bonds is 1. The molecular formula is C21H21NO6. The molecule has 1 aromatic rings. The largest absolute Gasteiger partial charge is 0.507 e. The van der Waals surface area contributed by atoms with Crippen molar-refractivity contribution in [1.29, 1.82) is 0 Å². The number of Topliss-reactive ketones (excluding diaryl/α,β-unsaturated/α-hetero) is 2. The van der Waals surface area contributed by atoms with Crippen LogP contribution in [0.3, 0.4) is 0 Å². The summed E-state index contributed by atoms with van der Waals surface area (Å²) in [6.07, 6.45) is 0.904. The summed E-state index contributed by atoms with van der Waals surface area (Å²) in [6, 6.07) is 3.17. The van der Waals surface area contributed by atoms with E-state index in [2.05, 4.69) is 0 Å². The normalized spacial score (nSPS) is 29.4. The van der Waals surface area contributed by atoms with Crippen molar-refractivity contribution in [3.05, 3.63) is 45.5 Å². The Balaban J connectivity index is 1.92. The zero-order valence-electron chi connectivity index (χ0n) is 15.6. The second-order valence-corrected chi connectivity index (χ2v) is 8.00. The fourth-order valence-electron chi connectivity index (χ4n) is 5.04. The zero-order valence-corrected chi connectivity index (χ0v) is 15.6. The van der Waals surface area contributed by atoms with Gasteiger partial charge in [0.25, 0.3) is 5.91 Å². The third-order valence-corrected chi connectivity index (χ3v) is 6.43. The second-order valence-electron chi connectivity index (χ2n) is 8.00. The van der Waals surface area contributed by atoms with Crippen LogP contribution in [0.2, 0.25) is 0 Å². The van der Waals surface area contributed by atoms with Gasteiger partial charge in [0.05, 0.1) is 11.1 Å². The number of hydrogen-bond donors (Lipinski definition) is 4. The molecule has 7 heteroatoms. The van der Waals surface area contributed by atoms with Gasteiger partial charge >= 0.3 is 0 Å². The Bertz CT molecular complexity index is 1030. The van der Waals surface area contributed by atoms with Gasteiger partial charge < -0.3 is 21.1 Å². The van der Waals surface area contributed by atoms with Crippen molar-refractivity contribution in [2.75, 3.05) is 0 Å². The van der Waals surface area contributed by atoms with E-state index in [4.69, 9.17) is 5.73 Å². The smallest absolute Gasteiger partial charge is 0.252 e. The number of aliphatic hydroxyl groups excluding tert-OH is 1. The highest BCUT2D eigenvalue weighted by Crippen LogP contribution is 2.51. The van der Waals surface area contributed by atoms with Gasteiger partial charge in [-0.25, -0.2) is 0 Å². The van der Waals surface area contributed by atoms with Gasteiger partial charge in [-0.2, -0.15) is 0 Å². The number of carbonyl (C=O) groups is 3. The van der Waals surface area contributed by atoms with Crippen LogP contribution >= 0.6 is 0 Å². The van der Waals surface area contributed by atoms with Crippen LogP contribution in [0.4, 0.5) is 0 Å². The van der Waals surface area contributed by atoms with Crippen molar-refractivity contribution in [3.8, 4) is 5.75 Å². The molecule has 4 rings (SSSR count). The van der Waals surface area contributed by atoms with Gasteiger partial charge in [-0.05, 0) is 56.2 Å². The maximum atomic E-state index is 13.3. The van der Waals surface area contributed by atoms with Crippen LogP contribution in [0.5, 0.6) is 5.75 Å². The minimum atomic E-state index is -2.43. The number of primary amides is 1. The quantitative estimate of drug-likeness (QED) is 0.425. The van der Waals surface area contributed by atoms with E-state index >= 15 is 0 Å². The monoisotopic (exact) mass is 383 g/mol. The van der Waals surface area contributed by atoms with Crippen molar-refractivity contribution >= 4 is 23.2 Å². The molecule has 1 amide bonds. The van der Waals surface area contributed by atoms with E-state index in [1.54, 1.807) is 13.0 Å². The highest BCUT2D eigenvalue weighted by atomic mass is 16.3. The summed E-state index contributed by atoms with van der Waals surface area (Å²) in [7, 11) is 0. The first-order valence-corrected chi connectivity index (χ1v) is 9.15. The summed E-state index contributed by atoms with van der Waals surface area (Å²) in [5.41, 5.74) is 4.70. The Morgan fingerprint density at radius 1 is 1.14 bits per heavy atom. The number of aromatic hydroxyl groups is 1. The molecule has 0 bridgehead atoms. The van der Waals surface area contributed by atoms with E-state index in [-0.39, 0.29) is 34.8 Å². The molecule has 0 heterocycles. The number of fused-ring (bicyclic) bond motifs is 3. The maximum absolute atomic E-state index is 13.3. The van der Waals surface area contributed by atoms with Gasteiger partial charge in [0.1, 0.15) is 11.5 Å². The van der Waals surface area contributed by atoms with E-state index in [0.717, 1.165) is 11.1 Å². The first kappa shape index (κ1) is 18.4. The topological polar surface area (TPSA) is 138 Å². The summed E-state index contributed by atoms with van der Waals surface area (Å²) in [4.78, 5) is 37.9. The van der Waals surface area contributed by atoms with Crippen molar-refractivity contribution in [3.63, 3.8) is 0 Å². The number of allylic oxidation sites excluding steroid dienone is 1. The molecular weight excluding hydrogens is 362 g/mol. The predicted octanol–water partition coefficient (Wildman–Crippen LogP) is 1.24. The van der Waals surface area contributed by atoms with E-state index < -0.39 is 34.8 Å². The third-order valence-electron chi connectivity index (χ3n) is 6.43. The summed E-state index contributed by atoms with van der Waals surface area (Å²) in [5, 5.41) is 32.2. The lowest BCUT2D eigenvalue weighted by Gasteiger charge is -2.46. The Labute approximate surface area is 161 Å². The van der Waals surface area contributed by atoms with Gasteiger partial charge in [0.2, 0.25) is 11.6 Å². The first-order chi connectivity index (χ1) is 13.1. The van der Waals surface area contributed by atoms with Crippen LogP contribution in [0.25, 0.3) is 5.76 Å². The van der Waals surface area contributed by atoms with Crippen molar-refractivity contribution in [2.24, 2.45) is 17.6 Å². The fraction of sp³-hybridized carbons (Fsp3) is 0.381. The van der Waals surface area contributed by atoms with Crippen molar-refractivity contribution in [2.45, 2.75) is 38.7 Å². The maximum Gasteiger partial charge on any atom is 0.252 e. The Kier molecular flexibility index (Phi) is 3.81. The molecule has 146 valence electrons. The van der Waals surface area contributed by atoms with Crippen LogP contribution in [0, 0.1) is 18.8 Å². The molecule has 28 heavy (non-hydrogen) atoms. The van der Waals surface area contributed by atoms with E-state index in [0.29, 0.717) is 18.4 Å². The average molecular weight is 383 g/mol. The van der Waals surface area contributed by atoms with Gasteiger partial charge in [-0.3, -0.25) is 14.4 Å². The molecule has 3 aliphatic carbocycles. The molecule has 0 aromatic heterocycles. The number of phenolic OH excluding ortho intramolecular Hbond substituents is 1. The molecule has 3 atom stereocenters. The van der Waals surface area contributed by atoms with E-state index in [9.17, 15) is 29.7 Å². The SMILES string of the molecule is CC1=C(C(N)=O)C(=O)[C@@]2(O)C(=O)C3=C(O)c4c(O)ccc(C)c4C[C@H]3C[C@H]2C1. The number of phenols is 1. The zero-order chi connectivity index (χ0) is 20.5. The predicted molar refractivity (Wildman–Crippen MR) is 99.2 cm³/mol. The second kappa shape index (κ2) is 5.78. The highest BCUT2D eigenvalue weighted by Gasteiger charge is 2.60. The molecule has 0 aliphatic heterocycles. The van der Waals surface area contributed by atoms with E-state index in [1.165, 1.54) is 6.07 Å². The summed E-state index contributed by atoms with van der Waals surface area (Å²) in [5.74, 6) is -4.56. The standard InChI is InChI=1S/C21H21NO6/c1-8-3-4-13(23)16-12(8)7-10-6-11-5-9(2)14(20(22)27)18(25)21(11,28)19(26)15(10)17(16)24/h3-4,10-11,23-24,28H,5-7H2,1-2H3,(H2,22,27)/t10-,11-,21-/m1/s1. The minimum Gasteiger partial charge on any atom is -0.507 e. The summed E-state index contributed by atoms with van der Waals surface area (Å²) >= 11 is 0. The van der Waals surface area contributed by atoms with Crippen molar-refractivity contribution in [1.82, 2.24) is 0 Å². The molecule has 0 spiro atoms. The molecule has 1 saturated carbocycles. The third kappa shape index (κ3) is 2.16. The lowest BCUT2D eigenvalue weighted by Crippen LogP contribution is -2.61. The molecule has 0 radical (unpaired) electrons. The number of amides is 1. The number of nitrogens with two attached hydrogens (primary N) is 1. The number of ketones is 2. The van der Waals surface area contributed by atoms with Crippen molar-refractivity contribution < 1.29 is 29.7 Å². The van der Waals surface area contributed by atoms with Gasteiger partial charge in [-0.15, -0.1) is 0 Å². The minimum absolute atomic E-state index is 0.0659. The van der Waals surface area contributed by atoms with Crippen LogP contribution < -0.4 is 5.73 Å². The highest BCUT2D eigenvalue weighted by molar-refractivity contribution is 6.32. The molecule has 1 aromatic carbocycles. The molecule has 0 saturated heterocycles. The molecule has 5 N–H and O–H groups in total. The number of carbonyl (C=O) groups excluding carboxylic acids is 3. The molecule has 3 aliphatic rings. The fourth-order valence-corrected chi connectivity index (χ4v) is 5.04. The first-order valence-electron chi connectivity index (χ1n) is 9.15. The summed E-state index contributed by atoms with van der Waals surface area (Å²) in [6.45, 7) is 3.46. The molecule has 7 nitrogen and oxygen atoms in total. The summed E-state index contributed by atoms with van der Waals surface area (Å²) < 4.78 is 0. The van der Waals surface area contributed by atoms with E-state index in [1.807, 2.05) is 6.92 Å². The van der Waals surface area contributed by atoms with Gasteiger partial charge in [0, 0.05) is 11.5 Å². The Morgan fingerprint density at radius 2 is 1.82 bits per heavy atom. The number of aryl methyl sites for hydroxylation is 1. The van der Waals surface area contributed by atoms with Crippen LogP contribution in [0.1, 0.15) is 36.5 Å². The van der Waals surface area contributed by atoms with Crippen LogP contribution in [-0.2, 0) is 20.8 Å². The number of benzene rings is 1. The number of aliphatic hydroxyl groups is 2. The van der Waals surface area contributed by atoms with Crippen LogP contribution in [-0.4, -0.2) is 38.4 Å². The molecule has 0 unspecified atom stereocenters. The average Bonchev–Trinajstić information content (AvgIpc) is 2.61. The van der Waals surface area contributed by atoms with Gasteiger partial charge in [-0.1, -0.05) is 11.6 Å². The Morgan fingerprint density at radius 3 is 2.46 bits per heavy atom. The Hall–Kier alpha value is -2.93. The lowest BCUT2D eigenvalue weighted by atomic mass is 9.58.